The van der Waals surface area contributed by atoms with Crippen molar-refractivity contribution in [3.05, 3.63) is 89.7 Å². The molecule has 3 N–H and O–H groups in total. The van der Waals surface area contributed by atoms with Crippen LogP contribution in [0.15, 0.2) is 72.8 Å². The third-order valence-corrected chi connectivity index (χ3v) is 6.19. The predicted molar refractivity (Wildman–Crippen MR) is 124 cm³/mol. The average molecular weight is 425 g/mol. The highest BCUT2D eigenvalue weighted by Crippen LogP contribution is 2.29. The quantitative estimate of drug-likeness (QED) is 0.510. The summed E-state index contributed by atoms with van der Waals surface area (Å²) in [6.45, 7) is 1.42. The van der Waals surface area contributed by atoms with Gasteiger partial charge in [-0.2, -0.15) is 0 Å². The smallest absolute Gasteiger partial charge is 0.253 e. The summed E-state index contributed by atoms with van der Waals surface area (Å²) in [6.07, 6.45) is 1.78. The molecule has 4 aromatic rings. The lowest BCUT2D eigenvalue weighted by molar-refractivity contribution is 0.0711. The topological polar surface area (TPSA) is 92.1 Å². The van der Waals surface area contributed by atoms with Crippen LogP contribution in [0.25, 0.3) is 22.2 Å². The molecule has 2 heterocycles. The number of fused-ring (bicyclic) bond motifs is 1. The van der Waals surface area contributed by atoms with Crippen molar-refractivity contribution in [1.29, 1.82) is 0 Å². The number of benzene rings is 3. The Labute approximate surface area is 186 Å². The fourth-order valence-corrected chi connectivity index (χ4v) is 4.36. The maximum Gasteiger partial charge on any atom is 0.253 e. The Bertz CT molecular complexity index is 1250. The minimum Gasteiger partial charge on any atom is -0.366 e. The normalized spacial score (nSPS) is 14.6. The van der Waals surface area contributed by atoms with E-state index >= 15 is 0 Å². The van der Waals surface area contributed by atoms with Crippen molar-refractivity contribution >= 4 is 22.8 Å². The molecule has 2 amide bonds. The molecule has 6 heteroatoms. The van der Waals surface area contributed by atoms with Crippen LogP contribution in [0, 0.1) is 0 Å². The molecule has 5 rings (SSSR count). The van der Waals surface area contributed by atoms with Gasteiger partial charge in [-0.15, -0.1) is 0 Å². The molecule has 3 aromatic carbocycles. The van der Waals surface area contributed by atoms with Crippen LogP contribution in [-0.4, -0.2) is 39.8 Å². The molecule has 1 fully saturated rings. The minimum atomic E-state index is -0.454. The van der Waals surface area contributed by atoms with Gasteiger partial charge in [-0.25, -0.2) is 4.98 Å². The van der Waals surface area contributed by atoms with E-state index in [1.54, 1.807) is 18.2 Å². The van der Waals surface area contributed by atoms with Gasteiger partial charge in [0, 0.05) is 30.1 Å². The first-order valence-corrected chi connectivity index (χ1v) is 10.8. The number of para-hydroxylation sites is 2. The van der Waals surface area contributed by atoms with Crippen LogP contribution in [0.3, 0.4) is 0 Å². The molecular formula is C26H24N4O2. The van der Waals surface area contributed by atoms with E-state index in [-0.39, 0.29) is 5.91 Å². The van der Waals surface area contributed by atoms with Crippen molar-refractivity contribution in [2.75, 3.05) is 13.1 Å². The first-order valence-electron chi connectivity index (χ1n) is 10.8. The number of carbonyl (C=O) groups excluding carboxylic acids is 2. The van der Waals surface area contributed by atoms with Crippen LogP contribution >= 0.6 is 0 Å². The van der Waals surface area contributed by atoms with E-state index in [2.05, 4.69) is 4.98 Å². The highest BCUT2D eigenvalue weighted by molar-refractivity contribution is 5.95. The number of amides is 2. The van der Waals surface area contributed by atoms with Crippen molar-refractivity contribution in [2.24, 2.45) is 5.73 Å². The number of imidazole rings is 1. The zero-order valence-electron chi connectivity index (χ0n) is 17.6. The number of aromatic amines is 1. The highest BCUT2D eigenvalue weighted by atomic mass is 16.2. The summed E-state index contributed by atoms with van der Waals surface area (Å²) >= 11 is 0. The van der Waals surface area contributed by atoms with Gasteiger partial charge < -0.3 is 15.6 Å². The van der Waals surface area contributed by atoms with Crippen LogP contribution in [-0.2, 0) is 0 Å². The van der Waals surface area contributed by atoms with Gasteiger partial charge in [0.1, 0.15) is 5.82 Å². The number of H-pyrrole nitrogens is 1. The number of likely N-dealkylation sites (tertiary alicyclic amines) is 1. The molecule has 0 spiro atoms. The second kappa shape index (κ2) is 8.30. The Morgan fingerprint density at radius 2 is 1.62 bits per heavy atom. The Kier molecular flexibility index (Phi) is 5.19. The number of nitrogens with two attached hydrogens (primary N) is 1. The van der Waals surface area contributed by atoms with E-state index in [4.69, 9.17) is 10.7 Å². The molecule has 32 heavy (non-hydrogen) atoms. The fourth-order valence-electron chi connectivity index (χ4n) is 4.36. The molecule has 0 unspecified atom stereocenters. The molecule has 0 atom stereocenters. The molecule has 0 aliphatic carbocycles. The summed E-state index contributed by atoms with van der Waals surface area (Å²) in [5.41, 5.74) is 10.4. The van der Waals surface area contributed by atoms with E-state index in [1.807, 2.05) is 59.5 Å². The fraction of sp³-hybridized carbons (Fsp3) is 0.192. The van der Waals surface area contributed by atoms with Gasteiger partial charge >= 0.3 is 0 Å². The number of aromatic nitrogens is 2. The van der Waals surface area contributed by atoms with Gasteiger partial charge in [-0.3, -0.25) is 9.59 Å². The van der Waals surface area contributed by atoms with Gasteiger partial charge in [-0.05, 0) is 60.4 Å². The van der Waals surface area contributed by atoms with Crippen molar-refractivity contribution < 1.29 is 9.59 Å². The van der Waals surface area contributed by atoms with Crippen molar-refractivity contribution in [2.45, 2.75) is 18.8 Å². The Morgan fingerprint density at radius 3 is 2.34 bits per heavy atom. The minimum absolute atomic E-state index is 0.0468. The molecule has 0 radical (unpaired) electrons. The summed E-state index contributed by atoms with van der Waals surface area (Å²) in [4.78, 5) is 34.5. The van der Waals surface area contributed by atoms with Crippen LogP contribution in [0.5, 0.6) is 0 Å². The van der Waals surface area contributed by atoms with E-state index in [0.29, 0.717) is 30.1 Å². The van der Waals surface area contributed by atoms with E-state index < -0.39 is 5.91 Å². The zero-order chi connectivity index (χ0) is 22.1. The Hall–Kier alpha value is -3.93. The zero-order valence-corrected chi connectivity index (χ0v) is 17.6. The molecular weight excluding hydrogens is 400 g/mol. The summed E-state index contributed by atoms with van der Waals surface area (Å²) in [5, 5.41) is 0. The van der Waals surface area contributed by atoms with Gasteiger partial charge in [-0.1, -0.05) is 36.4 Å². The van der Waals surface area contributed by atoms with Gasteiger partial charge in [0.2, 0.25) is 5.91 Å². The number of hydrogen-bond donors (Lipinski definition) is 2. The standard InChI is InChI=1S/C26H24N4O2/c27-24(31)21-5-3-4-20(16-21)17-8-10-19(11-9-17)26(32)30-14-12-18(13-15-30)25-28-22-6-1-2-7-23(22)29-25/h1-11,16,18H,12-15H2,(H2,27,31)(H,28,29). The molecule has 1 aliphatic rings. The maximum absolute atomic E-state index is 13.0. The van der Waals surface area contributed by atoms with E-state index in [9.17, 15) is 9.59 Å². The molecule has 0 bridgehead atoms. The molecule has 1 aromatic heterocycles. The number of hydrogen-bond acceptors (Lipinski definition) is 3. The number of primary amides is 1. The monoisotopic (exact) mass is 424 g/mol. The highest BCUT2D eigenvalue weighted by Gasteiger charge is 2.26. The lowest BCUT2D eigenvalue weighted by Gasteiger charge is -2.31. The van der Waals surface area contributed by atoms with Crippen LogP contribution < -0.4 is 5.73 Å². The Morgan fingerprint density at radius 1 is 0.875 bits per heavy atom. The third-order valence-electron chi connectivity index (χ3n) is 6.19. The van der Waals surface area contributed by atoms with Crippen LogP contribution in [0.1, 0.15) is 45.3 Å². The summed E-state index contributed by atoms with van der Waals surface area (Å²) < 4.78 is 0. The number of piperidine rings is 1. The summed E-state index contributed by atoms with van der Waals surface area (Å²) in [6, 6.07) is 22.8. The number of carbonyl (C=O) groups is 2. The average Bonchev–Trinajstić information content (AvgIpc) is 3.28. The molecule has 1 aliphatic heterocycles. The first kappa shape index (κ1) is 20.0. The van der Waals surface area contributed by atoms with Crippen molar-refractivity contribution in [3.63, 3.8) is 0 Å². The van der Waals surface area contributed by atoms with Gasteiger partial charge in [0.25, 0.3) is 5.91 Å². The summed E-state index contributed by atoms with van der Waals surface area (Å²) in [5.74, 6) is 0.947. The molecule has 6 nitrogen and oxygen atoms in total. The van der Waals surface area contributed by atoms with Gasteiger partial charge in [0.05, 0.1) is 11.0 Å². The first-order chi connectivity index (χ1) is 15.6. The lowest BCUT2D eigenvalue weighted by Crippen LogP contribution is -2.38. The number of rotatable bonds is 4. The second-order valence-electron chi connectivity index (χ2n) is 8.23. The van der Waals surface area contributed by atoms with E-state index in [1.165, 1.54) is 0 Å². The van der Waals surface area contributed by atoms with Crippen LogP contribution in [0.2, 0.25) is 0 Å². The maximum atomic E-state index is 13.0. The third kappa shape index (κ3) is 3.87. The van der Waals surface area contributed by atoms with Crippen LogP contribution in [0.4, 0.5) is 0 Å². The Balaban J connectivity index is 1.25. The molecule has 160 valence electrons. The largest absolute Gasteiger partial charge is 0.366 e. The summed E-state index contributed by atoms with van der Waals surface area (Å²) in [7, 11) is 0. The molecule has 1 saturated heterocycles. The lowest BCUT2D eigenvalue weighted by atomic mass is 9.95. The number of nitrogens with zero attached hydrogens (tertiary/aromatic N) is 2. The SMILES string of the molecule is NC(=O)c1cccc(-c2ccc(C(=O)N3CCC(c4nc5ccccc5[nH]4)CC3)cc2)c1. The second-order valence-corrected chi connectivity index (χ2v) is 8.23. The number of nitrogens with one attached hydrogen (secondary N) is 1. The molecule has 0 saturated carbocycles. The van der Waals surface area contributed by atoms with Crippen molar-refractivity contribution in [1.82, 2.24) is 14.9 Å². The van der Waals surface area contributed by atoms with Gasteiger partial charge in [0.15, 0.2) is 0 Å². The van der Waals surface area contributed by atoms with E-state index in [0.717, 1.165) is 40.8 Å². The van der Waals surface area contributed by atoms with Crippen molar-refractivity contribution in [3.8, 4) is 11.1 Å². The predicted octanol–water partition coefficient (Wildman–Crippen LogP) is 4.35.